The first-order valence-corrected chi connectivity index (χ1v) is 5.65. The molecule has 0 amide bonds. The fraction of sp³-hybridized carbons (Fsp3) is 0.231. The molecule has 1 unspecified atom stereocenters. The molecule has 0 aliphatic carbocycles. The second-order valence-electron chi connectivity index (χ2n) is 4.01. The molecule has 0 spiro atoms. The van der Waals surface area contributed by atoms with E-state index >= 15 is 0 Å². The van der Waals surface area contributed by atoms with Gasteiger partial charge in [-0.1, -0.05) is 23.4 Å². The van der Waals surface area contributed by atoms with Crippen molar-refractivity contribution in [1.29, 1.82) is 0 Å². The zero-order valence-electron chi connectivity index (χ0n) is 9.96. The summed E-state index contributed by atoms with van der Waals surface area (Å²) in [5.41, 5.74) is 0.952. The number of aromatic amines is 1. The van der Waals surface area contributed by atoms with Gasteiger partial charge in [-0.15, -0.1) is 0 Å². The lowest BCUT2D eigenvalue weighted by atomic mass is 10.2. The predicted octanol–water partition coefficient (Wildman–Crippen LogP) is 1.86. The van der Waals surface area contributed by atoms with E-state index in [9.17, 15) is 4.79 Å². The number of carboxylic acid groups (broad SMARTS) is 1. The molecule has 0 saturated carbocycles. The molecular weight excluding hydrogens is 232 g/mol. The largest absolute Gasteiger partial charge is 0.481 e. The number of hydrogen-bond acceptors (Lipinski definition) is 3. The van der Waals surface area contributed by atoms with Crippen molar-refractivity contribution in [2.24, 2.45) is 5.16 Å². The van der Waals surface area contributed by atoms with Crippen LogP contribution in [0.2, 0.25) is 0 Å². The van der Waals surface area contributed by atoms with E-state index in [0.29, 0.717) is 5.36 Å². The summed E-state index contributed by atoms with van der Waals surface area (Å²) in [6.45, 7) is 1.68. The van der Waals surface area contributed by atoms with E-state index in [1.807, 2.05) is 24.3 Å². The zero-order valence-corrected chi connectivity index (χ0v) is 9.96. The standard InChI is InChI=1S/C13H14N2O3/c1-9(8-13(16)17)18-15-12-6-7-14-11-5-3-2-4-10(11)12/h2-7,9H,8H2,1H3,(H,14,15)(H,16,17). The van der Waals surface area contributed by atoms with E-state index in [4.69, 9.17) is 9.94 Å². The second-order valence-corrected chi connectivity index (χ2v) is 4.01. The fourth-order valence-corrected chi connectivity index (χ4v) is 1.64. The zero-order chi connectivity index (χ0) is 13.0. The number of aliphatic carboxylic acids is 1. The maximum atomic E-state index is 10.5. The van der Waals surface area contributed by atoms with Crippen LogP contribution in [0.5, 0.6) is 0 Å². The van der Waals surface area contributed by atoms with E-state index in [2.05, 4.69) is 10.1 Å². The van der Waals surface area contributed by atoms with E-state index < -0.39 is 12.1 Å². The Bertz CT molecular complexity index is 613. The van der Waals surface area contributed by atoms with E-state index in [1.54, 1.807) is 19.2 Å². The monoisotopic (exact) mass is 246 g/mol. The van der Waals surface area contributed by atoms with Crippen molar-refractivity contribution in [3.63, 3.8) is 0 Å². The Labute approximate surface area is 104 Å². The first-order chi connectivity index (χ1) is 8.66. The van der Waals surface area contributed by atoms with Crippen molar-refractivity contribution in [3.8, 4) is 0 Å². The van der Waals surface area contributed by atoms with E-state index in [1.165, 1.54) is 0 Å². The Balaban J connectivity index is 2.28. The van der Waals surface area contributed by atoms with Crippen LogP contribution < -0.4 is 5.36 Å². The SMILES string of the molecule is CC(CC(=O)O)ON=c1cc[nH]c2ccccc12. The van der Waals surface area contributed by atoms with Gasteiger partial charge in [0.05, 0.1) is 6.42 Å². The fourth-order valence-electron chi connectivity index (χ4n) is 1.64. The van der Waals surface area contributed by atoms with Crippen LogP contribution in [0.15, 0.2) is 41.7 Å². The van der Waals surface area contributed by atoms with Crippen LogP contribution in [0.1, 0.15) is 13.3 Å². The normalized spacial score (nSPS) is 13.5. The highest BCUT2D eigenvalue weighted by Crippen LogP contribution is 2.05. The average Bonchev–Trinajstić information content (AvgIpc) is 2.35. The minimum absolute atomic E-state index is 0.0691. The summed E-state index contributed by atoms with van der Waals surface area (Å²) in [5.74, 6) is -0.899. The molecule has 1 heterocycles. The summed E-state index contributed by atoms with van der Waals surface area (Å²) in [4.78, 5) is 18.8. The van der Waals surface area contributed by atoms with E-state index in [0.717, 1.165) is 10.9 Å². The maximum Gasteiger partial charge on any atom is 0.307 e. The van der Waals surface area contributed by atoms with Gasteiger partial charge < -0.3 is 14.9 Å². The molecule has 5 heteroatoms. The van der Waals surface area contributed by atoms with E-state index in [-0.39, 0.29) is 6.42 Å². The number of benzene rings is 1. The molecule has 2 aromatic rings. The number of pyridine rings is 1. The number of hydrogen-bond donors (Lipinski definition) is 2. The van der Waals surface area contributed by atoms with Crippen LogP contribution in [0, 0.1) is 0 Å². The van der Waals surface area contributed by atoms with Crippen molar-refractivity contribution in [2.75, 3.05) is 0 Å². The number of nitrogens with zero attached hydrogens (tertiary/aromatic N) is 1. The van der Waals surface area contributed by atoms with Crippen LogP contribution in [0.3, 0.4) is 0 Å². The van der Waals surface area contributed by atoms with Crippen LogP contribution in [0.4, 0.5) is 0 Å². The number of carboxylic acids is 1. The van der Waals surface area contributed by atoms with Crippen LogP contribution in [-0.2, 0) is 9.63 Å². The molecule has 0 saturated heterocycles. The van der Waals surface area contributed by atoms with Crippen LogP contribution in [0.25, 0.3) is 10.9 Å². The molecule has 2 N–H and O–H groups in total. The molecule has 1 aromatic heterocycles. The molecule has 94 valence electrons. The Morgan fingerprint density at radius 2 is 2.22 bits per heavy atom. The lowest BCUT2D eigenvalue weighted by Crippen LogP contribution is -2.13. The van der Waals surface area contributed by atoms with Gasteiger partial charge in [0.1, 0.15) is 11.5 Å². The number of rotatable bonds is 4. The first-order valence-electron chi connectivity index (χ1n) is 5.65. The average molecular weight is 246 g/mol. The van der Waals surface area contributed by atoms with Gasteiger partial charge in [0.15, 0.2) is 0 Å². The maximum absolute atomic E-state index is 10.5. The Hall–Kier alpha value is -2.30. The molecule has 2 rings (SSSR count). The molecule has 1 aromatic carbocycles. The Kier molecular flexibility index (Phi) is 3.62. The molecule has 5 nitrogen and oxygen atoms in total. The third kappa shape index (κ3) is 2.88. The van der Waals surface area contributed by atoms with Crippen molar-refractivity contribution in [2.45, 2.75) is 19.4 Å². The topological polar surface area (TPSA) is 74.7 Å². The summed E-state index contributed by atoms with van der Waals surface area (Å²) in [7, 11) is 0. The molecule has 18 heavy (non-hydrogen) atoms. The molecule has 1 atom stereocenters. The van der Waals surface area contributed by atoms with Crippen molar-refractivity contribution >= 4 is 16.9 Å². The van der Waals surface area contributed by atoms with Crippen LogP contribution >= 0.6 is 0 Å². The van der Waals surface area contributed by atoms with Gasteiger partial charge in [0.25, 0.3) is 0 Å². The van der Waals surface area contributed by atoms with Crippen molar-refractivity contribution < 1.29 is 14.7 Å². The molecular formula is C13H14N2O3. The Morgan fingerprint density at radius 3 is 3.00 bits per heavy atom. The third-order valence-electron chi connectivity index (χ3n) is 2.48. The van der Waals surface area contributed by atoms with Gasteiger partial charge in [0, 0.05) is 17.1 Å². The summed E-state index contributed by atoms with van der Waals surface area (Å²) in [6, 6.07) is 9.49. The number of H-pyrrole nitrogens is 1. The highest BCUT2D eigenvalue weighted by atomic mass is 16.6. The number of aromatic nitrogens is 1. The van der Waals surface area contributed by atoms with Crippen LogP contribution in [-0.4, -0.2) is 22.2 Å². The number of fused-ring (bicyclic) bond motifs is 1. The molecule has 0 aliphatic rings. The summed E-state index contributed by atoms with van der Waals surface area (Å²) >= 11 is 0. The molecule has 0 radical (unpaired) electrons. The molecule has 0 fully saturated rings. The van der Waals surface area contributed by atoms with Crippen molar-refractivity contribution in [1.82, 2.24) is 4.98 Å². The highest BCUT2D eigenvalue weighted by molar-refractivity contribution is 5.77. The van der Waals surface area contributed by atoms with Gasteiger partial charge in [-0.25, -0.2) is 0 Å². The van der Waals surface area contributed by atoms with Crippen molar-refractivity contribution in [3.05, 3.63) is 41.9 Å². The minimum Gasteiger partial charge on any atom is -0.481 e. The molecule has 0 bridgehead atoms. The van der Waals surface area contributed by atoms with Gasteiger partial charge in [-0.05, 0) is 19.1 Å². The number of para-hydroxylation sites is 1. The quantitative estimate of drug-likeness (QED) is 0.808. The second kappa shape index (κ2) is 5.35. The van der Waals surface area contributed by atoms with Gasteiger partial charge in [0.2, 0.25) is 0 Å². The van der Waals surface area contributed by atoms with Gasteiger partial charge in [-0.3, -0.25) is 4.79 Å². The number of nitrogens with one attached hydrogen (secondary N) is 1. The Morgan fingerprint density at radius 1 is 1.44 bits per heavy atom. The third-order valence-corrected chi connectivity index (χ3v) is 2.48. The minimum atomic E-state index is -0.899. The highest BCUT2D eigenvalue weighted by Gasteiger charge is 2.07. The summed E-state index contributed by atoms with van der Waals surface area (Å²) < 4.78 is 0. The van der Waals surface area contributed by atoms with Gasteiger partial charge in [-0.2, -0.15) is 0 Å². The lowest BCUT2D eigenvalue weighted by molar-refractivity contribution is -0.139. The predicted molar refractivity (Wildman–Crippen MR) is 66.7 cm³/mol. The summed E-state index contributed by atoms with van der Waals surface area (Å²) in [5, 5.41) is 14.2. The smallest absolute Gasteiger partial charge is 0.307 e. The molecule has 0 aliphatic heterocycles. The first kappa shape index (κ1) is 12.2. The summed E-state index contributed by atoms with van der Waals surface area (Å²) in [6.07, 6.45) is 1.25. The van der Waals surface area contributed by atoms with Gasteiger partial charge >= 0.3 is 5.97 Å². The lowest BCUT2D eigenvalue weighted by Gasteiger charge is -2.06. The number of carbonyl (C=O) groups is 1.